The number of hydrogen-bond donors (Lipinski definition) is 0. The minimum Gasteiger partial charge on any atom is -0.340 e. The van der Waals surface area contributed by atoms with Gasteiger partial charge < -0.3 is 4.90 Å². The second kappa shape index (κ2) is 5.63. The summed E-state index contributed by atoms with van der Waals surface area (Å²) in [6.45, 7) is 4.52. The lowest BCUT2D eigenvalue weighted by Gasteiger charge is -2.39. The van der Waals surface area contributed by atoms with E-state index in [-0.39, 0.29) is 22.8 Å². The zero-order chi connectivity index (χ0) is 14.0. The third-order valence-electron chi connectivity index (χ3n) is 3.18. The topological polar surface area (TPSA) is 54.5 Å². The molecule has 1 aromatic rings. The standard InChI is InChI=1S/C13H19NO3S2/c1-10(2)9-19(16,17)12-7-14(8-12)13(15)6-11-4-3-5-18-11/h3-5,10,12H,6-9H2,1-2H3. The molecule has 1 amide bonds. The Labute approximate surface area is 118 Å². The molecule has 1 aromatic heterocycles. The minimum atomic E-state index is -3.04. The third-order valence-corrected chi connectivity index (χ3v) is 6.50. The summed E-state index contributed by atoms with van der Waals surface area (Å²) >= 11 is 1.55. The van der Waals surface area contributed by atoms with Crippen molar-refractivity contribution in [3.05, 3.63) is 22.4 Å². The predicted octanol–water partition coefficient (Wildman–Crippen LogP) is 1.57. The Morgan fingerprint density at radius 1 is 1.47 bits per heavy atom. The second-order valence-corrected chi connectivity index (χ2v) is 8.76. The first-order valence-corrected chi connectivity index (χ1v) is 8.99. The molecular weight excluding hydrogens is 282 g/mol. The maximum Gasteiger partial charge on any atom is 0.227 e. The average molecular weight is 301 g/mol. The van der Waals surface area contributed by atoms with Crippen molar-refractivity contribution in [2.24, 2.45) is 5.92 Å². The molecule has 1 aliphatic heterocycles. The maximum absolute atomic E-state index is 12.0. The number of hydrogen-bond acceptors (Lipinski definition) is 4. The summed E-state index contributed by atoms with van der Waals surface area (Å²) in [5.41, 5.74) is 0. The molecule has 1 fully saturated rings. The molecule has 0 radical (unpaired) electrons. The van der Waals surface area contributed by atoms with Gasteiger partial charge in [0.2, 0.25) is 5.91 Å². The van der Waals surface area contributed by atoms with Crippen LogP contribution in [-0.4, -0.2) is 43.3 Å². The van der Waals surface area contributed by atoms with Gasteiger partial charge >= 0.3 is 0 Å². The molecule has 19 heavy (non-hydrogen) atoms. The van der Waals surface area contributed by atoms with Crippen LogP contribution in [0.25, 0.3) is 0 Å². The SMILES string of the molecule is CC(C)CS(=O)(=O)C1CN(C(=O)Cc2cccs2)C1. The maximum atomic E-state index is 12.0. The van der Waals surface area contributed by atoms with Gasteiger partial charge in [0.05, 0.1) is 17.4 Å². The van der Waals surface area contributed by atoms with Crippen molar-refractivity contribution >= 4 is 27.1 Å². The van der Waals surface area contributed by atoms with Crippen LogP contribution in [0.5, 0.6) is 0 Å². The molecule has 0 aliphatic carbocycles. The fourth-order valence-corrected chi connectivity index (χ4v) is 4.86. The molecular formula is C13H19NO3S2. The summed E-state index contributed by atoms with van der Waals surface area (Å²) in [5, 5.41) is 1.58. The molecule has 1 aliphatic rings. The van der Waals surface area contributed by atoms with Crippen molar-refractivity contribution in [3.63, 3.8) is 0 Å². The normalized spacial score (nSPS) is 16.7. The smallest absolute Gasteiger partial charge is 0.227 e. The Balaban J connectivity index is 1.84. The Morgan fingerprint density at radius 3 is 2.68 bits per heavy atom. The van der Waals surface area contributed by atoms with E-state index >= 15 is 0 Å². The number of carbonyl (C=O) groups excluding carboxylic acids is 1. The Morgan fingerprint density at radius 2 is 2.16 bits per heavy atom. The van der Waals surface area contributed by atoms with Crippen molar-refractivity contribution in [2.45, 2.75) is 25.5 Å². The lowest BCUT2D eigenvalue weighted by atomic mass is 10.2. The molecule has 0 unspecified atom stereocenters. The van der Waals surface area contributed by atoms with Crippen LogP contribution in [0.2, 0.25) is 0 Å². The zero-order valence-electron chi connectivity index (χ0n) is 11.2. The Hall–Kier alpha value is -0.880. The first-order valence-electron chi connectivity index (χ1n) is 6.40. The monoisotopic (exact) mass is 301 g/mol. The van der Waals surface area contributed by atoms with E-state index in [1.165, 1.54) is 0 Å². The number of thiophene rings is 1. The number of sulfone groups is 1. The number of likely N-dealkylation sites (tertiary alicyclic amines) is 1. The highest BCUT2D eigenvalue weighted by atomic mass is 32.2. The first-order chi connectivity index (χ1) is 8.88. The van der Waals surface area contributed by atoms with Crippen molar-refractivity contribution < 1.29 is 13.2 Å². The van der Waals surface area contributed by atoms with Crippen LogP contribution in [0.4, 0.5) is 0 Å². The molecule has 0 aromatic carbocycles. The lowest BCUT2D eigenvalue weighted by Crippen LogP contribution is -2.57. The molecule has 4 nitrogen and oxygen atoms in total. The molecule has 106 valence electrons. The van der Waals surface area contributed by atoms with Gasteiger partial charge in [-0.2, -0.15) is 0 Å². The van der Waals surface area contributed by atoms with E-state index in [0.29, 0.717) is 19.5 Å². The van der Waals surface area contributed by atoms with Crippen LogP contribution in [0.3, 0.4) is 0 Å². The van der Waals surface area contributed by atoms with Gasteiger partial charge in [-0.1, -0.05) is 19.9 Å². The summed E-state index contributed by atoms with van der Waals surface area (Å²) in [5.74, 6) is 0.379. The first kappa shape index (κ1) is 14.5. The van der Waals surface area contributed by atoms with E-state index in [1.54, 1.807) is 16.2 Å². The van der Waals surface area contributed by atoms with Gasteiger partial charge in [0, 0.05) is 18.0 Å². The van der Waals surface area contributed by atoms with E-state index < -0.39 is 9.84 Å². The quantitative estimate of drug-likeness (QED) is 0.829. The fraction of sp³-hybridized carbons (Fsp3) is 0.615. The van der Waals surface area contributed by atoms with Crippen LogP contribution >= 0.6 is 11.3 Å². The molecule has 0 bridgehead atoms. The highest BCUT2D eigenvalue weighted by molar-refractivity contribution is 7.92. The molecule has 0 saturated carbocycles. The highest BCUT2D eigenvalue weighted by Crippen LogP contribution is 2.21. The molecule has 1 saturated heterocycles. The Kier molecular flexibility index (Phi) is 4.30. The summed E-state index contributed by atoms with van der Waals surface area (Å²) < 4.78 is 23.9. The van der Waals surface area contributed by atoms with Crippen molar-refractivity contribution in [1.29, 1.82) is 0 Å². The molecule has 0 spiro atoms. The van der Waals surface area contributed by atoms with Gasteiger partial charge in [-0.25, -0.2) is 8.42 Å². The predicted molar refractivity (Wildman–Crippen MR) is 77.0 cm³/mol. The number of nitrogens with zero attached hydrogens (tertiary/aromatic N) is 1. The molecule has 0 N–H and O–H groups in total. The largest absolute Gasteiger partial charge is 0.340 e. The van der Waals surface area contributed by atoms with E-state index in [4.69, 9.17) is 0 Å². The van der Waals surface area contributed by atoms with E-state index in [1.807, 2.05) is 31.4 Å². The van der Waals surface area contributed by atoms with Crippen molar-refractivity contribution in [1.82, 2.24) is 4.90 Å². The number of amides is 1. The second-order valence-electron chi connectivity index (χ2n) is 5.40. The number of carbonyl (C=O) groups is 1. The van der Waals surface area contributed by atoms with Gasteiger partial charge in [0.25, 0.3) is 0 Å². The van der Waals surface area contributed by atoms with E-state index in [2.05, 4.69) is 0 Å². The van der Waals surface area contributed by atoms with Crippen LogP contribution in [-0.2, 0) is 21.1 Å². The molecule has 2 rings (SSSR count). The van der Waals surface area contributed by atoms with Crippen LogP contribution in [0, 0.1) is 5.92 Å². The highest BCUT2D eigenvalue weighted by Gasteiger charge is 2.39. The van der Waals surface area contributed by atoms with Gasteiger partial charge in [-0.3, -0.25) is 4.79 Å². The van der Waals surface area contributed by atoms with Gasteiger partial charge in [0.1, 0.15) is 0 Å². The zero-order valence-corrected chi connectivity index (χ0v) is 12.8. The minimum absolute atomic E-state index is 0.0263. The fourth-order valence-electron chi connectivity index (χ4n) is 2.14. The molecule has 2 heterocycles. The van der Waals surface area contributed by atoms with Gasteiger partial charge in [0.15, 0.2) is 9.84 Å². The summed E-state index contributed by atoms with van der Waals surface area (Å²) in [6, 6.07) is 3.84. The lowest BCUT2D eigenvalue weighted by molar-refractivity contribution is -0.133. The van der Waals surface area contributed by atoms with Crippen molar-refractivity contribution in [2.75, 3.05) is 18.8 Å². The van der Waals surface area contributed by atoms with Crippen LogP contribution < -0.4 is 0 Å². The molecule has 0 atom stereocenters. The Bertz CT molecular complexity index is 528. The van der Waals surface area contributed by atoms with Crippen molar-refractivity contribution in [3.8, 4) is 0 Å². The summed E-state index contributed by atoms with van der Waals surface area (Å²) in [7, 11) is -3.04. The number of rotatable bonds is 5. The van der Waals surface area contributed by atoms with Gasteiger partial charge in [-0.15, -0.1) is 11.3 Å². The van der Waals surface area contributed by atoms with Gasteiger partial charge in [-0.05, 0) is 17.4 Å². The van der Waals surface area contributed by atoms with E-state index in [0.717, 1.165) is 4.88 Å². The summed E-state index contributed by atoms with van der Waals surface area (Å²) in [6.07, 6.45) is 0.384. The molecule has 6 heteroatoms. The van der Waals surface area contributed by atoms with Crippen LogP contribution in [0.15, 0.2) is 17.5 Å². The van der Waals surface area contributed by atoms with E-state index in [9.17, 15) is 13.2 Å². The van der Waals surface area contributed by atoms with Crippen LogP contribution in [0.1, 0.15) is 18.7 Å². The third kappa shape index (κ3) is 3.57. The summed E-state index contributed by atoms with van der Waals surface area (Å²) in [4.78, 5) is 14.6. The average Bonchev–Trinajstić information content (AvgIpc) is 2.64.